The second-order valence-corrected chi connectivity index (χ2v) is 23.9. The van der Waals surface area contributed by atoms with Gasteiger partial charge in [-0.3, -0.25) is 22.0 Å². The molecular weight excluding hydrogens is 1110 g/mol. The van der Waals surface area contributed by atoms with Gasteiger partial charge in [0.25, 0.3) is 20.2 Å². The third-order valence-corrected chi connectivity index (χ3v) is 16.2. The van der Waals surface area contributed by atoms with Crippen LogP contribution in [0, 0.1) is 0 Å². The van der Waals surface area contributed by atoms with Gasteiger partial charge in [0.2, 0.25) is 0 Å². The fourth-order valence-electron chi connectivity index (χ4n) is 4.97. The first-order valence-electron chi connectivity index (χ1n) is 17.7. The molecule has 0 bridgehead atoms. The summed E-state index contributed by atoms with van der Waals surface area (Å²) in [6, 6.07) is 9.88. The largest absolute Gasteiger partial charge is 0.397 e. The molecule has 0 radical (unpaired) electrons. The van der Waals surface area contributed by atoms with Crippen LogP contribution in [0.4, 0.5) is 45.5 Å². The average molecular weight is 1150 g/mol. The number of rotatable bonds is 27. The summed E-state index contributed by atoms with van der Waals surface area (Å²) in [4.78, 5) is -3.91. The number of nitrogen functional groups attached to an aromatic ring is 2. The Morgan fingerprint density at radius 1 is 0.471 bits per heavy atom. The highest BCUT2D eigenvalue weighted by molar-refractivity contribution is 7.92. The van der Waals surface area contributed by atoms with Gasteiger partial charge in [0.05, 0.1) is 68.8 Å². The van der Waals surface area contributed by atoms with Crippen molar-refractivity contribution in [2.45, 2.75) is 24.5 Å². The molecule has 4 rings (SSSR count). The quantitative estimate of drug-likeness (QED) is 0.00806. The Balaban J connectivity index is 1.83. The number of sulfone groups is 3. The molecule has 4 aromatic rings. The fraction of sp³-hybridized carbons (Fsp3) is 0.200. The van der Waals surface area contributed by atoms with Crippen molar-refractivity contribution in [3.63, 3.8) is 0 Å². The summed E-state index contributed by atoms with van der Waals surface area (Å²) in [6.07, 6.45) is 0. The standard InChI is InChI=1S/C30H32N8O24S8/c31-28-24(36-33-18-1-3-19(4-2-18)65(41,42)12-9-56-63-61-59-39)17-25(37-34-22-7-5-20(15-26(22)68(47,48)49)66(43,44)13-10-57-64-62-60-40)29(32)30(28)38-35-23-8-6-21(16-27(23)69(50,51)52)67(45,46)14-11-58-70(53,54)55/h1-8,15-17,39-40H,9-14,31-32H2,(H,47,48,49)(H,50,51,52)(H,53,54,55)/b36-33+,37-34+,38-35+. The zero-order valence-electron chi connectivity index (χ0n) is 34.2. The van der Waals surface area contributed by atoms with Crippen LogP contribution in [0.2, 0.25) is 0 Å². The summed E-state index contributed by atoms with van der Waals surface area (Å²) in [7, 11) is -28.5. The van der Waals surface area contributed by atoms with Crippen molar-refractivity contribution in [3.8, 4) is 0 Å². The first-order chi connectivity index (χ1) is 32.6. The lowest BCUT2D eigenvalue weighted by atomic mass is 10.2. The van der Waals surface area contributed by atoms with Crippen LogP contribution < -0.4 is 11.5 Å². The molecule has 70 heavy (non-hydrogen) atoms. The van der Waals surface area contributed by atoms with Gasteiger partial charge in [-0.1, -0.05) is 10.1 Å². The van der Waals surface area contributed by atoms with E-state index in [1.165, 1.54) is 12.1 Å². The second-order valence-electron chi connectivity index (χ2n) is 12.7. The van der Waals surface area contributed by atoms with E-state index >= 15 is 0 Å². The van der Waals surface area contributed by atoms with Crippen molar-refractivity contribution in [1.29, 1.82) is 0 Å². The Bertz CT molecular complexity index is 3330. The summed E-state index contributed by atoms with van der Waals surface area (Å²) in [5.74, 6) is -2.43. The molecule has 32 nitrogen and oxygen atoms in total. The van der Waals surface area contributed by atoms with Gasteiger partial charge in [-0.25, -0.2) is 40.0 Å². The van der Waals surface area contributed by atoms with Gasteiger partial charge in [-0.15, -0.1) is 34.2 Å². The highest BCUT2D eigenvalue weighted by Crippen LogP contribution is 2.46. The SMILES string of the molecule is Nc1c(/N=N/c2ccc(S(=O)(=O)CCOSOOO)cc2)cc(/N=N/c2ccc(S(=O)(=O)CCOSOOO)cc2S(=O)(=O)O)c(N)c1/N=N/c1ccc(S(=O)(=O)CCOS(=O)(=O)O)cc1S(=O)(=O)O. The van der Waals surface area contributed by atoms with E-state index < -0.39 is 157 Å². The minimum atomic E-state index is -5.35. The monoisotopic (exact) mass is 1140 g/mol. The van der Waals surface area contributed by atoms with Gasteiger partial charge in [0, 0.05) is 0 Å². The van der Waals surface area contributed by atoms with Gasteiger partial charge in [-0.05, 0) is 66.7 Å². The van der Waals surface area contributed by atoms with Crippen molar-refractivity contribution in [2.75, 3.05) is 48.5 Å². The third-order valence-electron chi connectivity index (χ3n) is 8.13. The minimum Gasteiger partial charge on any atom is -0.395 e. The average Bonchev–Trinajstić information content (AvgIpc) is 3.27. The Kier molecular flexibility index (Phi) is 20.3. The van der Waals surface area contributed by atoms with E-state index in [4.69, 9.17) is 34.9 Å². The van der Waals surface area contributed by atoms with E-state index in [2.05, 4.69) is 53.6 Å². The van der Waals surface area contributed by atoms with E-state index in [0.717, 1.165) is 42.5 Å². The van der Waals surface area contributed by atoms with Crippen LogP contribution in [0.15, 0.2) is 122 Å². The highest BCUT2D eigenvalue weighted by atomic mass is 32.3. The summed E-state index contributed by atoms with van der Waals surface area (Å²) in [5.41, 5.74) is 8.58. The van der Waals surface area contributed by atoms with Gasteiger partial charge < -0.3 is 11.5 Å². The normalized spacial score (nSPS) is 13.3. The smallest absolute Gasteiger partial charge is 0.395 e. The lowest BCUT2D eigenvalue weighted by Crippen LogP contribution is -2.16. The molecule has 0 amide bonds. The molecule has 0 spiro atoms. The molecule has 0 aromatic heterocycles. The third kappa shape index (κ3) is 16.9. The summed E-state index contributed by atoms with van der Waals surface area (Å²) in [6.45, 7) is -2.06. The molecule has 0 aliphatic rings. The lowest BCUT2D eigenvalue weighted by Gasteiger charge is -2.11. The molecule has 0 saturated heterocycles. The van der Waals surface area contributed by atoms with E-state index in [1.807, 2.05) is 0 Å². The van der Waals surface area contributed by atoms with Crippen molar-refractivity contribution < 1.29 is 106 Å². The number of nitrogens with zero attached hydrogens (tertiary/aromatic N) is 6. The molecule has 0 fully saturated rings. The molecule has 0 saturated carbocycles. The van der Waals surface area contributed by atoms with Crippen molar-refractivity contribution in [1.82, 2.24) is 0 Å². The van der Waals surface area contributed by atoms with Gasteiger partial charge in [0.1, 0.15) is 38.2 Å². The lowest BCUT2D eigenvalue weighted by molar-refractivity contribution is -0.434. The molecule has 0 heterocycles. The molecule has 0 aliphatic carbocycles. The molecule has 0 unspecified atom stereocenters. The Morgan fingerprint density at radius 2 is 0.857 bits per heavy atom. The Hall–Kier alpha value is -4.80. The number of hydrogen-bond donors (Lipinski definition) is 7. The molecule has 384 valence electrons. The summed E-state index contributed by atoms with van der Waals surface area (Å²) >= 11 is 0.226. The molecule has 0 aliphatic heterocycles. The highest BCUT2D eigenvalue weighted by Gasteiger charge is 2.25. The number of anilines is 2. The molecule has 4 aromatic carbocycles. The minimum absolute atomic E-state index is 0.00938. The maximum atomic E-state index is 12.9. The Morgan fingerprint density at radius 3 is 1.29 bits per heavy atom. The molecule has 9 N–H and O–H groups in total. The van der Waals surface area contributed by atoms with Crippen molar-refractivity contribution >= 4 is 130 Å². The topological polar surface area (TPSA) is 497 Å². The van der Waals surface area contributed by atoms with Crippen LogP contribution >= 0.6 is 24.6 Å². The van der Waals surface area contributed by atoms with Gasteiger partial charge >= 0.3 is 10.4 Å². The van der Waals surface area contributed by atoms with E-state index in [1.54, 1.807) is 0 Å². The number of hydrogen-bond acceptors (Lipinski definition) is 31. The predicted molar refractivity (Wildman–Crippen MR) is 237 cm³/mol. The first kappa shape index (κ1) is 57.8. The van der Waals surface area contributed by atoms with Crippen LogP contribution in [0.3, 0.4) is 0 Å². The number of azo groups is 3. The maximum absolute atomic E-state index is 12.9. The Labute approximate surface area is 404 Å². The molecule has 0 atom stereocenters. The fourth-order valence-corrected chi connectivity index (χ4v) is 10.8. The van der Waals surface area contributed by atoms with E-state index in [9.17, 15) is 59.6 Å². The zero-order valence-corrected chi connectivity index (χ0v) is 40.7. The van der Waals surface area contributed by atoms with Crippen molar-refractivity contribution in [2.24, 2.45) is 30.7 Å². The first-order valence-corrected chi connectivity index (χ1v) is 28.3. The number of nitrogens with two attached hydrogens (primary N) is 2. The van der Waals surface area contributed by atoms with Crippen LogP contribution in [-0.2, 0) is 91.4 Å². The number of benzene rings is 4. The van der Waals surface area contributed by atoms with Gasteiger partial charge in [0.15, 0.2) is 54.2 Å². The van der Waals surface area contributed by atoms with Crippen LogP contribution in [0.5, 0.6) is 0 Å². The molecule has 40 heteroatoms. The maximum Gasteiger partial charge on any atom is 0.397 e. The second kappa shape index (κ2) is 24.6. The van der Waals surface area contributed by atoms with E-state index in [-0.39, 0.29) is 35.2 Å². The van der Waals surface area contributed by atoms with Gasteiger partial charge in [-0.2, -0.15) is 30.4 Å². The summed E-state index contributed by atoms with van der Waals surface area (Å²) < 4.78 is 198. The van der Waals surface area contributed by atoms with Crippen LogP contribution in [0.25, 0.3) is 0 Å². The van der Waals surface area contributed by atoms with Crippen LogP contribution in [-0.4, -0.2) is 112 Å². The predicted octanol–water partition coefficient (Wildman–Crippen LogP) is 4.73. The van der Waals surface area contributed by atoms with Crippen molar-refractivity contribution in [3.05, 3.63) is 66.7 Å². The van der Waals surface area contributed by atoms with Crippen LogP contribution in [0.1, 0.15) is 0 Å². The molecular formula is C30H32N8O24S8. The zero-order chi connectivity index (χ0) is 52.1. The summed E-state index contributed by atoms with van der Waals surface area (Å²) in [5, 5.41) is 46.1. The van der Waals surface area contributed by atoms with E-state index in [0.29, 0.717) is 12.1 Å².